The molecule has 0 radical (unpaired) electrons. The molecule has 9 aromatic rings. The number of methoxy groups -OCH3 is 2. The van der Waals surface area contributed by atoms with Gasteiger partial charge in [0.15, 0.2) is 0 Å². The second-order valence-corrected chi connectivity index (χ2v) is 35.3. The average molecular weight is 2050 g/mol. The van der Waals surface area contributed by atoms with Crippen LogP contribution >= 0.6 is 0 Å². The lowest BCUT2D eigenvalue weighted by Crippen LogP contribution is -2.69. The molecule has 778 valence electrons. The van der Waals surface area contributed by atoms with Crippen molar-refractivity contribution in [2.45, 2.75) is 137 Å². The predicted molar refractivity (Wildman–Crippen MR) is 498 cm³/mol. The molecule has 6 fully saturated rings. The van der Waals surface area contributed by atoms with Crippen LogP contribution in [-0.4, -0.2) is 259 Å². The van der Waals surface area contributed by atoms with Crippen LogP contribution in [0.15, 0.2) is 214 Å². The quantitative estimate of drug-likeness (QED) is 0.0251. The Kier molecular flexibility index (Phi) is 34.9. The number of pyridine rings is 4. The van der Waals surface area contributed by atoms with E-state index in [1.54, 1.807) is 48.1 Å². The number of hydrogen-bond donors (Lipinski definition) is 0. The Morgan fingerprint density at radius 2 is 0.772 bits per heavy atom. The Morgan fingerprint density at radius 3 is 1.17 bits per heavy atom. The summed E-state index contributed by atoms with van der Waals surface area (Å²) in [7, 11) is 3.14. The highest BCUT2D eigenvalue weighted by Crippen LogP contribution is 2.47. The lowest BCUT2D eigenvalue weighted by Gasteiger charge is -2.51. The minimum atomic E-state index is -4.87. The van der Waals surface area contributed by atoms with E-state index in [0.29, 0.717) is 116 Å². The molecular weight excluding hydrogens is 1940 g/mol. The number of carbonyl (C=O) groups excluding carboxylic acids is 6. The molecular formula is C102H108F17N13O13. The van der Waals surface area contributed by atoms with Gasteiger partial charge in [-0.05, 0) is 166 Å². The van der Waals surface area contributed by atoms with Crippen molar-refractivity contribution in [2.24, 2.45) is 0 Å². The third kappa shape index (κ3) is 25.8. The van der Waals surface area contributed by atoms with E-state index in [2.05, 4.69) is 31.4 Å². The SMILES string of the molecule is C=CCC1N(C(=O)c2cnccc2C(F)(F)F)CCC[C@@]1(Oc1ccc(C(F)(F)F)cc1)C(=O)N1CCN(c2ccccc2OCCOC)CC1.CC(F)(F)c1ccncc1C(=O)N1CCCC(Oc2ccc(C(F)(F)F)cc2)(C(=O)N2CCN(c3ccccn3)CC2)C1.CCCC1N(C(=O)c2cnccc2C(F)(F)F)CCC[C@@]1(Oc1ccc(C(F)(F)F)cc1)C(=O)N1CCN(c2ccccc2OCCOC)CC1. The van der Waals surface area contributed by atoms with Crippen LogP contribution in [0.25, 0.3) is 0 Å². The number of piperidine rings is 3. The molecule has 0 bridgehead atoms. The van der Waals surface area contributed by atoms with Gasteiger partial charge in [0.1, 0.15) is 47.8 Å². The maximum Gasteiger partial charge on any atom is 0.417 e. The summed E-state index contributed by atoms with van der Waals surface area (Å²) < 4.78 is 274. The van der Waals surface area contributed by atoms with Crippen LogP contribution in [0.1, 0.15) is 136 Å². The van der Waals surface area contributed by atoms with Crippen molar-refractivity contribution in [3.63, 3.8) is 0 Å². The molecule has 6 aliphatic heterocycles. The molecule has 15 rings (SSSR count). The van der Waals surface area contributed by atoms with Crippen LogP contribution < -0.4 is 38.4 Å². The molecule has 4 aromatic heterocycles. The summed E-state index contributed by atoms with van der Waals surface area (Å²) in [5.74, 6) is -5.54. The van der Waals surface area contributed by atoms with Crippen molar-refractivity contribution < 1.29 is 137 Å². The second kappa shape index (κ2) is 46.6. The summed E-state index contributed by atoms with van der Waals surface area (Å²) in [6, 6.07) is 32.4. The van der Waals surface area contributed by atoms with E-state index in [-0.39, 0.29) is 120 Å². The molecule has 0 spiro atoms. The third-order valence-electron chi connectivity index (χ3n) is 25.9. The number of rotatable bonds is 28. The Labute approximate surface area is 824 Å². The Morgan fingerprint density at radius 1 is 0.393 bits per heavy atom. The highest BCUT2D eigenvalue weighted by Gasteiger charge is 2.59. The van der Waals surface area contributed by atoms with Crippen LogP contribution in [-0.2, 0) is 60.7 Å². The van der Waals surface area contributed by atoms with Crippen molar-refractivity contribution in [2.75, 3.05) is 160 Å². The van der Waals surface area contributed by atoms with E-state index < -0.39 is 146 Å². The molecule has 5 aromatic carbocycles. The van der Waals surface area contributed by atoms with E-state index in [1.807, 2.05) is 70.5 Å². The van der Waals surface area contributed by atoms with Crippen LogP contribution in [0, 0.1) is 0 Å². The largest absolute Gasteiger partial charge is 0.489 e. The molecule has 26 nitrogen and oxygen atoms in total. The van der Waals surface area contributed by atoms with Crippen molar-refractivity contribution in [1.29, 1.82) is 0 Å². The second-order valence-electron chi connectivity index (χ2n) is 35.3. The summed E-state index contributed by atoms with van der Waals surface area (Å²) in [5, 5.41) is 0. The van der Waals surface area contributed by atoms with E-state index in [0.717, 1.165) is 133 Å². The number of ether oxygens (including phenoxy) is 7. The van der Waals surface area contributed by atoms with Gasteiger partial charge in [0.05, 0.1) is 87.7 Å². The first-order chi connectivity index (χ1) is 69.0. The number of benzene rings is 5. The summed E-state index contributed by atoms with van der Waals surface area (Å²) >= 11 is 0. The number of hydrogen-bond acceptors (Lipinski definition) is 20. The maximum atomic E-state index is 14.8. The average Bonchev–Trinajstić information content (AvgIpc) is 0.742. The summed E-state index contributed by atoms with van der Waals surface area (Å²) in [4.78, 5) is 116. The normalized spacial score (nSPS) is 19.8. The molecule has 10 heterocycles. The number of aromatic nitrogens is 4. The van der Waals surface area contributed by atoms with Gasteiger partial charge in [-0.25, -0.2) is 13.8 Å². The van der Waals surface area contributed by atoms with E-state index in [9.17, 15) is 103 Å². The molecule has 0 saturated carbocycles. The van der Waals surface area contributed by atoms with E-state index in [4.69, 9.17) is 33.2 Å². The smallest absolute Gasteiger partial charge is 0.417 e. The standard InChI is InChI=1S/C36H40F6N4O5.C36H38F6N4O5.C30H30F5N5O3/c2*1-3-7-31-34(51-26-12-10-25(11-13-26)35(37,38)39,15-6-17-46(31)32(47)27-24-43-16-14-28(27)36(40,41)42)33(48)45-20-18-44(19-21-45)29-8-4-5-9-30(29)50-23-22-49-2;1-28(31,32)24-10-13-36-19-23(24)26(41)40-14-4-11-29(20-40,43-22-8-6-21(7-9-22)30(33,34)35)27(42)39-17-15-38(16-18-39)25-5-2-3-12-37-25/h4-5,8-14,16,24,31H,3,6-7,15,17-23H2,1-2H3;3-5,8-14,16,24,31H,1,6-7,15,17-23H2,2H3;2-3,5-10,12-13,19H,4,11,14-18,20H2,1H3/t2*31?,34-;/m00./s1. The number of para-hydroxylation sites is 4. The molecule has 0 aliphatic carbocycles. The van der Waals surface area contributed by atoms with Gasteiger partial charge in [-0.15, -0.1) is 6.58 Å². The van der Waals surface area contributed by atoms with Crippen molar-refractivity contribution >= 4 is 52.6 Å². The van der Waals surface area contributed by atoms with Crippen molar-refractivity contribution in [3.05, 3.63) is 264 Å². The topological polar surface area (TPSA) is 248 Å². The number of piperazine rings is 3. The monoisotopic (exact) mass is 2050 g/mol. The van der Waals surface area contributed by atoms with Gasteiger partial charge < -0.3 is 77.3 Å². The van der Waals surface area contributed by atoms with Gasteiger partial charge >= 0.3 is 30.9 Å². The van der Waals surface area contributed by atoms with Gasteiger partial charge in [0, 0.05) is 181 Å². The molecule has 5 atom stereocenters. The van der Waals surface area contributed by atoms with E-state index in [1.165, 1.54) is 27.0 Å². The molecule has 43 heteroatoms. The number of halogens is 17. The van der Waals surface area contributed by atoms with Gasteiger partial charge in [-0.2, -0.15) is 65.9 Å². The van der Waals surface area contributed by atoms with E-state index >= 15 is 0 Å². The highest BCUT2D eigenvalue weighted by molar-refractivity contribution is 5.99. The minimum absolute atomic E-state index is 0.0113. The zero-order chi connectivity index (χ0) is 104. The number of carbonyl (C=O) groups is 6. The zero-order valence-electron chi connectivity index (χ0n) is 79.5. The summed E-state index contributed by atoms with van der Waals surface area (Å²) in [5.41, 5.74) is -10.9. The molecule has 6 saturated heterocycles. The first kappa shape index (κ1) is 109. The van der Waals surface area contributed by atoms with Crippen molar-refractivity contribution in [3.8, 4) is 28.7 Å². The van der Waals surface area contributed by atoms with Gasteiger partial charge in [-0.3, -0.25) is 43.7 Å². The Balaban J connectivity index is 0.000000183. The molecule has 3 unspecified atom stereocenters. The Hall–Kier alpha value is -13.6. The number of anilines is 3. The first-order valence-corrected chi connectivity index (χ1v) is 46.9. The van der Waals surface area contributed by atoms with Crippen molar-refractivity contribution in [1.82, 2.24) is 49.3 Å². The fourth-order valence-electron chi connectivity index (χ4n) is 18.9. The third-order valence-corrected chi connectivity index (χ3v) is 25.9. The lowest BCUT2D eigenvalue weighted by atomic mass is 9.79. The van der Waals surface area contributed by atoms with Crippen LogP contribution in [0.4, 0.5) is 91.8 Å². The first-order valence-electron chi connectivity index (χ1n) is 46.9. The Bertz CT molecular complexity index is 5890. The maximum absolute atomic E-state index is 14.8. The lowest BCUT2D eigenvalue weighted by molar-refractivity contribution is -0.160. The van der Waals surface area contributed by atoms with Crippen LogP contribution in [0.5, 0.6) is 28.7 Å². The van der Waals surface area contributed by atoms with Gasteiger partial charge in [-0.1, -0.05) is 49.8 Å². The summed E-state index contributed by atoms with van der Waals surface area (Å²) in [6.07, 6.45) is -13.1. The number of likely N-dealkylation sites (tertiary alicyclic amines) is 3. The van der Waals surface area contributed by atoms with Crippen LogP contribution in [0.2, 0.25) is 0 Å². The van der Waals surface area contributed by atoms with Crippen LogP contribution in [0.3, 0.4) is 0 Å². The number of nitrogens with zero attached hydrogens (tertiary/aromatic N) is 13. The molecule has 6 amide bonds. The zero-order valence-corrected chi connectivity index (χ0v) is 79.5. The van der Waals surface area contributed by atoms with Gasteiger partial charge in [0.2, 0.25) is 16.8 Å². The number of alkyl halides is 17. The molecule has 145 heavy (non-hydrogen) atoms. The predicted octanol–water partition coefficient (Wildman–Crippen LogP) is 18.2. The minimum Gasteiger partial charge on any atom is -0.489 e. The fraction of sp³-hybridized carbons (Fsp3) is 0.431. The highest BCUT2D eigenvalue weighted by atomic mass is 19.4. The van der Waals surface area contributed by atoms with Gasteiger partial charge in [0.25, 0.3) is 41.4 Å². The fourth-order valence-corrected chi connectivity index (χ4v) is 18.9. The number of amides is 6. The molecule has 6 aliphatic rings. The summed E-state index contributed by atoms with van der Waals surface area (Å²) in [6.45, 7) is 11.7. The molecule has 0 N–H and O–H groups in total.